The zero-order valence-corrected chi connectivity index (χ0v) is 7.28. The zero-order chi connectivity index (χ0) is 4.50. The quantitative estimate of drug-likeness (QED) is 0.286. The molecular formula is H4NO4SZn. The summed E-state index contributed by atoms with van der Waals surface area (Å²) in [7, 11) is -4.92. The van der Waals surface area contributed by atoms with Crippen molar-refractivity contribution in [2.75, 3.05) is 0 Å². The van der Waals surface area contributed by atoms with Gasteiger partial charge in [0.2, 0.25) is 10.4 Å². The van der Waals surface area contributed by atoms with Gasteiger partial charge in [-0.1, -0.05) is 0 Å². The molecule has 5 nitrogen and oxygen atoms in total. The van der Waals surface area contributed by atoms with Crippen LogP contribution in [0.2, 0.25) is 0 Å². The fourth-order valence-corrected chi connectivity index (χ4v) is 0. The average Bonchev–Trinajstić information content (AvgIpc) is 0.722. The van der Waals surface area contributed by atoms with E-state index < -0.39 is 10.4 Å². The van der Waals surface area contributed by atoms with Gasteiger partial charge in [0.05, 0.1) is 0 Å². The van der Waals surface area contributed by atoms with Crippen LogP contribution in [-0.4, -0.2) is 17.5 Å². The van der Waals surface area contributed by atoms with E-state index in [-0.39, 0.29) is 25.6 Å². The summed E-state index contributed by atoms with van der Waals surface area (Å²) in [5.74, 6) is 0. The van der Waals surface area contributed by atoms with Crippen molar-refractivity contribution >= 4 is 10.4 Å². The predicted molar refractivity (Wildman–Crippen MR) is 17.3 cm³/mol. The molecule has 0 heterocycles. The molecule has 0 rings (SSSR count). The topological polar surface area (TPSA) is 112 Å². The summed E-state index contributed by atoms with van der Waals surface area (Å²) in [6.45, 7) is 0. The first-order valence-electron chi connectivity index (χ1n) is 0.683. The summed E-state index contributed by atoms with van der Waals surface area (Å²) in [5.41, 5.74) is 0. The second kappa shape index (κ2) is 4.61. The maximum atomic E-state index is 8.63. The summed E-state index contributed by atoms with van der Waals surface area (Å²) >= 11 is 0. The molecule has 1 radical (unpaired) electrons. The van der Waals surface area contributed by atoms with E-state index in [9.17, 15) is 0 Å². The number of hydrogen-bond donors (Lipinski definition) is 2. The van der Waals surface area contributed by atoms with E-state index in [2.05, 4.69) is 0 Å². The summed E-state index contributed by atoms with van der Waals surface area (Å²) < 4.78 is 32.8. The standard InChI is InChI=1S/H3N.H2O4S.Zn/c;1-5(2,3)4;/h1H3;(H2,1,2,3,4);/q;;+1/p-1. The van der Waals surface area contributed by atoms with Gasteiger partial charge < -0.3 is 10.7 Å². The molecule has 0 atom stereocenters. The smallest absolute Gasteiger partial charge is 0.726 e. The average molecular weight is 179 g/mol. The largest absolute Gasteiger partial charge is 1.00 e. The van der Waals surface area contributed by atoms with E-state index in [0.29, 0.717) is 0 Å². The van der Waals surface area contributed by atoms with Crippen LogP contribution in [0.4, 0.5) is 0 Å². The first kappa shape index (κ1) is 15.7. The van der Waals surface area contributed by atoms with E-state index >= 15 is 0 Å². The van der Waals surface area contributed by atoms with Crippen LogP contribution in [0.15, 0.2) is 0 Å². The molecule has 0 aliphatic heterocycles. The Labute approximate surface area is 54.0 Å². The summed E-state index contributed by atoms with van der Waals surface area (Å²) in [5, 5.41) is 0. The third kappa shape index (κ3) is 623. The molecule has 0 amide bonds. The van der Waals surface area contributed by atoms with Gasteiger partial charge in [-0.05, 0) is 0 Å². The van der Waals surface area contributed by atoms with Gasteiger partial charge in [0.25, 0.3) is 0 Å². The Balaban J connectivity index is -0.0000000800. The van der Waals surface area contributed by atoms with E-state index in [1.165, 1.54) is 0 Å². The van der Waals surface area contributed by atoms with Crippen LogP contribution in [0.25, 0.3) is 0 Å². The molecule has 7 heteroatoms. The molecule has 0 aromatic rings. The van der Waals surface area contributed by atoms with Crippen molar-refractivity contribution in [2.24, 2.45) is 0 Å². The Bertz CT molecular complexity index is 94.9. The molecule has 0 spiro atoms. The molecular weight excluding hydrogens is 175 g/mol. The van der Waals surface area contributed by atoms with Crippen LogP contribution in [0.1, 0.15) is 0 Å². The van der Waals surface area contributed by atoms with Gasteiger partial charge in [-0.2, -0.15) is 0 Å². The van der Waals surface area contributed by atoms with Crippen LogP contribution in [0.3, 0.4) is 0 Å². The third-order valence-electron chi connectivity index (χ3n) is 0. The first-order chi connectivity index (χ1) is 2.00. The Morgan fingerprint density at radius 1 is 1.43 bits per heavy atom. The molecule has 7 heavy (non-hydrogen) atoms. The SMILES string of the molecule is N.O=S(=O)([O-])O.[Zn+]. The monoisotopic (exact) mass is 178 g/mol. The fourth-order valence-electron chi connectivity index (χ4n) is 0. The molecule has 41 valence electrons. The van der Waals surface area contributed by atoms with E-state index in [1.54, 1.807) is 0 Å². The summed E-state index contributed by atoms with van der Waals surface area (Å²) in [6.07, 6.45) is 0. The summed E-state index contributed by atoms with van der Waals surface area (Å²) in [4.78, 5) is 0. The van der Waals surface area contributed by atoms with Crippen molar-refractivity contribution in [1.29, 1.82) is 0 Å². The van der Waals surface area contributed by atoms with Gasteiger partial charge in [0, 0.05) is 0 Å². The third-order valence-corrected chi connectivity index (χ3v) is 0. The van der Waals surface area contributed by atoms with Crippen molar-refractivity contribution in [3.05, 3.63) is 0 Å². The molecule has 0 aromatic heterocycles. The fraction of sp³-hybridized carbons (Fsp3) is 0. The van der Waals surface area contributed by atoms with Crippen LogP contribution in [-0.2, 0) is 29.9 Å². The van der Waals surface area contributed by atoms with Crippen molar-refractivity contribution in [3.8, 4) is 0 Å². The van der Waals surface area contributed by atoms with Crippen molar-refractivity contribution in [3.63, 3.8) is 0 Å². The van der Waals surface area contributed by atoms with Gasteiger partial charge >= 0.3 is 19.5 Å². The second-order valence-electron chi connectivity index (χ2n) is 0.428. The minimum absolute atomic E-state index is 0. The summed E-state index contributed by atoms with van der Waals surface area (Å²) in [6, 6.07) is 0. The molecule has 0 aromatic carbocycles. The molecule has 0 saturated heterocycles. The Morgan fingerprint density at radius 2 is 1.43 bits per heavy atom. The maximum Gasteiger partial charge on any atom is 1.00 e. The predicted octanol–water partition coefficient (Wildman–Crippen LogP) is -0.836. The number of hydrogen-bond acceptors (Lipinski definition) is 4. The Morgan fingerprint density at radius 3 is 1.43 bits per heavy atom. The van der Waals surface area contributed by atoms with Crippen molar-refractivity contribution in [2.45, 2.75) is 0 Å². The van der Waals surface area contributed by atoms with Gasteiger partial charge in [-0.3, -0.25) is 4.55 Å². The van der Waals surface area contributed by atoms with Crippen LogP contribution < -0.4 is 6.15 Å². The minimum Gasteiger partial charge on any atom is -0.726 e. The molecule has 0 saturated carbocycles. The molecule has 0 fully saturated rings. The molecule has 4 N–H and O–H groups in total. The number of rotatable bonds is 0. The second-order valence-corrected chi connectivity index (χ2v) is 1.28. The molecule has 0 unspecified atom stereocenters. The van der Waals surface area contributed by atoms with Crippen LogP contribution >= 0.6 is 0 Å². The van der Waals surface area contributed by atoms with Crippen molar-refractivity contribution in [1.82, 2.24) is 6.15 Å². The molecule has 0 bridgehead atoms. The maximum absolute atomic E-state index is 8.63. The normalized spacial score (nSPS) is 8.29. The van der Waals surface area contributed by atoms with E-state index in [0.717, 1.165) is 0 Å². The first-order valence-corrected chi connectivity index (χ1v) is 2.05. The molecule has 0 aliphatic rings. The Hall–Kier alpha value is 0.453. The van der Waals surface area contributed by atoms with E-state index in [1.807, 2.05) is 0 Å². The van der Waals surface area contributed by atoms with Crippen molar-refractivity contribution < 1.29 is 37.0 Å². The van der Waals surface area contributed by atoms with E-state index in [4.69, 9.17) is 17.5 Å². The van der Waals surface area contributed by atoms with Gasteiger partial charge in [-0.25, -0.2) is 8.42 Å². The van der Waals surface area contributed by atoms with Crippen LogP contribution in [0.5, 0.6) is 0 Å². The minimum atomic E-state index is -4.92. The van der Waals surface area contributed by atoms with Gasteiger partial charge in [0.15, 0.2) is 0 Å². The zero-order valence-electron chi connectivity index (χ0n) is 3.49. The molecule has 0 aliphatic carbocycles. The van der Waals surface area contributed by atoms with Gasteiger partial charge in [-0.15, -0.1) is 0 Å². The Kier molecular flexibility index (Phi) is 10.3. The van der Waals surface area contributed by atoms with Gasteiger partial charge in [0.1, 0.15) is 0 Å². The van der Waals surface area contributed by atoms with Crippen LogP contribution in [0, 0.1) is 0 Å².